The monoisotopic (exact) mass is 369 g/mol. The molecule has 1 aliphatic rings. The number of benzene rings is 2. The lowest BCUT2D eigenvalue weighted by Crippen LogP contribution is -2.50. The van der Waals surface area contributed by atoms with Crippen LogP contribution >= 0.6 is 0 Å². The molecule has 0 aliphatic carbocycles. The van der Waals surface area contributed by atoms with Gasteiger partial charge >= 0.3 is 0 Å². The van der Waals surface area contributed by atoms with Crippen molar-refractivity contribution in [3.05, 3.63) is 71.0 Å². The highest BCUT2D eigenvalue weighted by Gasteiger charge is 2.23. The number of rotatable bonds is 5. The molecule has 6 heteroatoms. The van der Waals surface area contributed by atoms with E-state index in [0.29, 0.717) is 19.6 Å². The maximum absolute atomic E-state index is 13.6. The topological polar surface area (TPSA) is 52.7 Å². The van der Waals surface area contributed by atoms with E-state index in [1.165, 1.54) is 23.1 Å². The maximum atomic E-state index is 13.6. The molecule has 27 heavy (non-hydrogen) atoms. The van der Waals surface area contributed by atoms with E-state index in [0.717, 1.165) is 24.2 Å². The van der Waals surface area contributed by atoms with E-state index in [2.05, 4.69) is 5.32 Å². The molecule has 0 spiro atoms. The van der Waals surface area contributed by atoms with Crippen LogP contribution in [0.5, 0.6) is 0 Å². The molecule has 0 atom stereocenters. The van der Waals surface area contributed by atoms with E-state index < -0.39 is 5.82 Å². The van der Waals surface area contributed by atoms with Gasteiger partial charge in [-0.25, -0.2) is 4.39 Å². The number of hydrogen-bond acceptors (Lipinski definition) is 3. The Hall–Kier alpha value is -2.73. The van der Waals surface area contributed by atoms with E-state index in [9.17, 15) is 14.0 Å². The number of amides is 2. The first-order valence-corrected chi connectivity index (χ1v) is 9.12. The molecule has 2 amide bonds. The molecule has 2 aromatic rings. The van der Waals surface area contributed by atoms with E-state index in [1.807, 2.05) is 31.2 Å². The van der Waals surface area contributed by atoms with Crippen molar-refractivity contribution >= 4 is 11.8 Å². The van der Waals surface area contributed by atoms with Crippen molar-refractivity contribution in [3.63, 3.8) is 0 Å². The van der Waals surface area contributed by atoms with Gasteiger partial charge in [0.2, 0.25) is 5.91 Å². The minimum absolute atomic E-state index is 0.0245. The van der Waals surface area contributed by atoms with E-state index in [1.54, 1.807) is 11.0 Å². The largest absolute Gasteiger partial charge is 0.339 e. The average molecular weight is 369 g/mol. The molecular formula is C21H24FN3O2. The fourth-order valence-electron chi connectivity index (χ4n) is 3.21. The minimum Gasteiger partial charge on any atom is -0.339 e. The number of nitrogens with one attached hydrogen (secondary N) is 1. The first kappa shape index (κ1) is 19.0. The molecule has 142 valence electrons. The van der Waals surface area contributed by atoms with Crippen molar-refractivity contribution in [1.82, 2.24) is 15.1 Å². The zero-order chi connectivity index (χ0) is 19.2. The number of piperazine rings is 1. The van der Waals surface area contributed by atoms with Crippen molar-refractivity contribution in [2.24, 2.45) is 0 Å². The Bertz CT molecular complexity index is 819. The summed E-state index contributed by atoms with van der Waals surface area (Å²) in [6.45, 7) is 5.02. The second-order valence-corrected chi connectivity index (χ2v) is 6.79. The summed E-state index contributed by atoms with van der Waals surface area (Å²) in [7, 11) is 0. The van der Waals surface area contributed by atoms with Crippen molar-refractivity contribution in [3.8, 4) is 0 Å². The molecule has 1 fully saturated rings. The Kier molecular flexibility index (Phi) is 6.19. The van der Waals surface area contributed by atoms with Gasteiger partial charge in [0, 0.05) is 38.3 Å². The highest BCUT2D eigenvalue weighted by Crippen LogP contribution is 2.13. The Morgan fingerprint density at radius 2 is 1.85 bits per heavy atom. The molecule has 1 aliphatic heterocycles. The van der Waals surface area contributed by atoms with Gasteiger partial charge in [-0.15, -0.1) is 0 Å². The number of carbonyl (C=O) groups excluding carboxylic acids is 2. The first-order chi connectivity index (χ1) is 13.0. The summed E-state index contributed by atoms with van der Waals surface area (Å²) in [6.07, 6.45) is 0. The van der Waals surface area contributed by atoms with Gasteiger partial charge in [0.25, 0.3) is 5.91 Å². The predicted molar refractivity (Wildman–Crippen MR) is 102 cm³/mol. The van der Waals surface area contributed by atoms with Crippen molar-refractivity contribution in [1.29, 1.82) is 0 Å². The van der Waals surface area contributed by atoms with Gasteiger partial charge in [0.15, 0.2) is 0 Å². The molecule has 0 unspecified atom stereocenters. The number of hydrogen-bond donors (Lipinski definition) is 1. The smallest absolute Gasteiger partial charge is 0.254 e. The number of halogens is 1. The van der Waals surface area contributed by atoms with Crippen LogP contribution in [0.3, 0.4) is 0 Å². The van der Waals surface area contributed by atoms with E-state index >= 15 is 0 Å². The van der Waals surface area contributed by atoms with Crippen LogP contribution in [0.4, 0.5) is 4.39 Å². The molecule has 0 saturated carbocycles. The highest BCUT2D eigenvalue weighted by molar-refractivity contribution is 5.96. The Labute approximate surface area is 158 Å². The van der Waals surface area contributed by atoms with Gasteiger partial charge in [-0.2, -0.15) is 0 Å². The molecule has 5 nitrogen and oxygen atoms in total. The van der Waals surface area contributed by atoms with Crippen LogP contribution in [0.15, 0.2) is 48.5 Å². The van der Waals surface area contributed by atoms with Crippen LogP contribution in [0.2, 0.25) is 0 Å². The fourth-order valence-corrected chi connectivity index (χ4v) is 3.21. The lowest BCUT2D eigenvalue weighted by atomic mass is 10.1. The zero-order valence-corrected chi connectivity index (χ0v) is 15.5. The van der Waals surface area contributed by atoms with Crippen LogP contribution < -0.4 is 5.32 Å². The van der Waals surface area contributed by atoms with E-state index in [4.69, 9.17) is 0 Å². The molecule has 0 radical (unpaired) electrons. The second-order valence-electron chi connectivity index (χ2n) is 6.79. The van der Waals surface area contributed by atoms with Gasteiger partial charge in [0.05, 0.1) is 0 Å². The summed E-state index contributed by atoms with van der Waals surface area (Å²) in [5, 5.41) is 3.21. The summed E-state index contributed by atoms with van der Waals surface area (Å²) < 4.78 is 13.6. The lowest BCUT2D eigenvalue weighted by molar-refractivity contribution is -0.132. The fraction of sp³-hybridized carbons (Fsp3) is 0.333. The van der Waals surface area contributed by atoms with Crippen molar-refractivity contribution in [2.45, 2.75) is 13.5 Å². The Balaban J connectivity index is 1.81. The van der Waals surface area contributed by atoms with Crippen LogP contribution in [-0.2, 0) is 11.3 Å². The first-order valence-electron chi connectivity index (χ1n) is 9.12. The quantitative estimate of drug-likeness (QED) is 0.879. The zero-order valence-electron chi connectivity index (χ0n) is 15.5. The third-order valence-electron chi connectivity index (χ3n) is 4.61. The van der Waals surface area contributed by atoms with Crippen LogP contribution in [-0.4, -0.2) is 54.3 Å². The lowest BCUT2D eigenvalue weighted by Gasteiger charge is -2.30. The second kappa shape index (κ2) is 8.77. The molecule has 3 rings (SSSR count). The van der Waals surface area contributed by atoms with E-state index in [-0.39, 0.29) is 23.9 Å². The minimum atomic E-state index is -0.468. The molecule has 1 saturated heterocycles. The van der Waals surface area contributed by atoms with Crippen LogP contribution in [0.25, 0.3) is 0 Å². The summed E-state index contributed by atoms with van der Waals surface area (Å²) in [4.78, 5) is 28.9. The van der Waals surface area contributed by atoms with Crippen molar-refractivity contribution in [2.75, 3.05) is 32.7 Å². The summed E-state index contributed by atoms with van der Waals surface area (Å²) in [5.41, 5.74) is 2.27. The molecule has 1 N–H and O–H groups in total. The Morgan fingerprint density at radius 3 is 2.56 bits per heavy atom. The maximum Gasteiger partial charge on any atom is 0.254 e. The van der Waals surface area contributed by atoms with Gasteiger partial charge in [0.1, 0.15) is 12.4 Å². The predicted octanol–water partition coefficient (Wildman–Crippen LogP) is 2.21. The normalized spacial score (nSPS) is 14.1. The van der Waals surface area contributed by atoms with Gasteiger partial charge in [-0.1, -0.05) is 35.9 Å². The van der Waals surface area contributed by atoms with Crippen LogP contribution in [0.1, 0.15) is 21.5 Å². The summed E-state index contributed by atoms with van der Waals surface area (Å²) in [6, 6.07) is 13.4. The summed E-state index contributed by atoms with van der Waals surface area (Å²) in [5.74, 6) is -0.904. The number of aryl methyl sites for hydroxylation is 1. The number of carbonyl (C=O) groups is 2. The standard InChI is InChI=1S/C21H24FN3O2/c1-16-4-2-5-17(12-16)14-25(15-20(26)24-10-8-23-9-11-24)21(27)18-6-3-7-19(22)13-18/h2-7,12-13,23H,8-11,14-15H2,1H3. The average Bonchev–Trinajstić information content (AvgIpc) is 2.67. The third kappa shape index (κ3) is 5.14. The van der Waals surface area contributed by atoms with Crippen molar-refractivity contribution < 1.29 is 14.0 Å². The highest BCUT2D eigenvalue weighted by atomic mass is 19.1. The SMILES string of the molecule is Cc1cccc(CN(CC(=O)N2CCNCC2)C(=O)c2cccc(F)c2)c1. The number of nitrogens with zero attached hydrogens (tertiary/aromatic N) is 2. The molecule has 2 aromatic carbocycles. The van der Waals surface area contributed by atoms with Crippen LogP contribution in [0, 0.1) is 12.7 Å². The van der Waals surface area contributed by atoms with Gasteiger partial charge < -0.3 is 15.1 Å². The molecule has 0 bridgehead atoms. The van der Waals surface area contributed by atoms with Gasteiger partial charge in [-0.3, -0.25) is 9.59 Å². The summed E-state index contributed by atoms with van der Waals surface area (Å²) >= 11 is 0. The molecule has 0 aromatic heterocycles. The Morgan fingerprint density at radius 1 is 1.11 bits per heavy atom. The van der Waals surface area contributed by atoms with Gasteiger partial charge in [-0.05, 0) is 30.7 Å². The molecule has 1 heterocycles. The molecular weight excluding hydrogens is 345 g/mol. The third-order valence-corrected chi connectivity index (χ3v) is 4.61.